The van der Waals surface area contributed by atoms with E-state index in [-0.39, 0.29) is 23.5 Å². The summed E-state index contributed by atoms with van der Waals surface area (Å²) in [5, 5.41) is 6.69. The lowest BCUT2D eigenvalue weighted by atomic mass is 10.1. The van der Waals surface area contributed by atoms with Crippen molar-refractivity contribution < 1.29 is 18.0 Å². The minimum absolute atomic E-state index is 0.0642. The number of nitrogens with zero attached hydrogens (tertiary/aromatic N) is 3. The normalized spacial score (nSPS) is 13.9. The molecule has 166 valence electrons. The molecule has 1 saturated heterocycles. The molecule has 2 aromatic carbocycles. The molecule has 0 radical (unpaired) electrons. The molecule has 6 nitrogen and oxygen atoms in total. The van der Waals surface area contributed by atoms with Gasteiger partial charge in [0.25, 0.3) is 11.5 Å². The van der Waals surface area contributed by atoms with Gasteiger partial charge in [-0.25, -0.2) is 4.68 Å². The number of aromatic nitrogens is 2. The van der Waals surface area contributed by atoms with Crippen LogP contribution in [0.3, 0.4) is 0 Å². The number of benzene rings is 2. The van der Waals surface area contributed by atoms with Gasteiger partial charge >= 0.3 is 6.18 Å². The third-order valence-electron chi connectivity index (χ3n) is 5.29. The maximum atomic E-state index is 13.3. The number of carbonyl (C=O) groups excluding carboxylic acids is 1. The van der Waals surface area contributed by atoms with Crippen LogP contribution in [-0.4, -0.2) is 28.8 Å². The maximum absolute atomic E-state index is 13.3. The Morgan fingerprint density at radius 2 is 1.72 bits per heavy atom. The molecule has 0 atom stereocenters. The number of hydrogen-bond donors (Lipinski definition) is 1. The predicted molar refractivity (Wildman–Crippen MR) is 115 cm³/mol. The van der Waals surface area contributed by atoms with E-state index >= 15 is 0 Å². The molecular formula is C23H21F3N4O2. The quantitative estimate of drug-likeness (QED) is 0.644. The molecule has 0 aliphatic carbocycles. The number of carbonyl (C=O) groups is 1. The highest BCUT2D eigenvalue weighted by molar-refractivity contribution is 6.04. The van der Waals surface area contributed by atoms with Crippen LogP contribution in [0.4, 0.5) is 24.5 Å². The van der Waals surface area contributed by atoms with Crippen molar-refractivity contribution in [2.24, 2.45) is 0 Å². The van der Waals surface area contributed by atoms with Crippen molar-refractivity contribution in [1.29, 1.82) is 0 Å². The SMILES string of the molecule is O=C(Nc1cc(C(F)(F)F)ccc1N1CCCC1)c1ccc(=O)n(Cc2ccccc2)n1. The molecule has 1 fully saturated rings. The second kappa shape index (κ2) is 8.86. The molecule has 1 N–H and O–H groups in total. The molecule has 0 bridgehead atoms. The van der Waals surface area contributed by atoms with Crippen LogP contribution in [-0.2, 0) is 12.7 Å². The fraction of sp³-hybridized carbons (Fsp3) is 0.261. The third kappa shape index (κ3) is 4.82. The zero-order valence-corrected chi connectivity index (χ0v) is 17.1. The smallest absolute Gasteiger partial charge is 0.370 e. The lowest BCUT2D eigenvalue weighted by Crippen LogP contribution is -2.27. The molecule has 1 aliphatic heterocycles. The summed E-state index contributed by atoms with van der Waals surface area (Å²) >= 11 is 0. The average Bonchev–Trinajstić information content (AvgIpc) is 3.30. The van der Waals surface area contributed by atoms with Crippen LogP contribution in [0.15, 0.2) is 65.5 Å². The highest BCUT2D eigenvalue weighted by Gasteiger charge is 2.32. The third-order valence-corrected chi connectivity index (χ3v) is 5.29. The number of hydrogen-bond acceptors (Lipinski definition) is 4. The van der Waals surface area contributed by atoms with E-state index < -0.39 is 17.6 Å². The lowest BCUT2D eigenvalue weighted by molar-refractivity contribution is -0.137. The number of anilines is 2. The molecular weight excluding hydrogens is 421 g/mol. The van der Waals surface area contributed by atoms with E-state index in [4.69, 9.17) is 0 Å². The molecule has 32 heavy (non-hydrogen) atoms. The van der Waals surface area contributed by atoms with E-state index in [0.29, 0.717) is 18.8 Å². The van der Waals surface area contributed by atoms with Gasteiger partial charge in [0.05, 0.1) is 23.5 Å². The molecule has 0 spiro atoms. The van der Waals surface area contributed by atoms with Crippen LogP contribution in [0.25, 0.3) is 0 Å². The standard InChI is InChI=1S/C23H21F3N4O2/c24-23(25,26)17-8-10-20(29-12-4-5-13-29)19(14-17)27-22(32)18-9-11-21(31)30(28-18)15-16-6-2-1-3-7-16/h1-3,6-11,14H,4-5,12-13,15H2,(H,27,32). The van der Waals surface area contributed by atoms with E-state index in [9.17, 15) is 22.8 Å². The van der Waals surface area contributed by atoms with Crippen molar-refractivity contribution in [3.63, 3.8) is 0 Å². The Morgan fingerprint density at radius 1 is 1.00 bits per heavy atom. The van der Waals surface area contributed by atoms with Crippen LogP contribution in [0.2, 0.25) is 0 Å². The number of alkyl halides is 3. The fourth-order valence-corrected chi connectivity index (χ4v) is 3.67. The van der Waals surface area contributed by atoms with Gasteiger partial charge in [-0.2, -0.15) is 18.3 Å². The van der Waals surface area contributed by atoms with Crippen LogP contribution in [0.5, 0.6) is 0 Å². The number of rotatable bonds is 5. The molecule has 1 amide bonds. The molecule has 1 aromatic heterocycles. The summed E-state index contributed by atoms with van der Waals surface area (Å²) in [6.45, 7) is 1.58. The van der Waals surface area contributed by atoms with Crippen LogP contribution >= 0.6 is 0 Å². The summed E-state index contributed by atoms with van der Waals surface area (Å²) in [5.41, 5.74) is 0.120. The summed E-state index contributed by atoms with van der Waals surface area (Å²) in [5.74, 6) is -0.688. The van der Waals surface area contributed by atoms with Crippen LogP contribution in [0.1, 0.15) is 34.5 Å². The fourth-order valence-electron chi connectivity index (χ4n) is 3.67. The largest absolute Gasteiger partial charge is 0.416 e. The number of nitrogens with one attached hydrogen (secondary N) is 1. The number of halogens is 3. The van der Waals surface area contributed by atoms with Gasteiger partial charge in [0.15, 0.2) is 0 Å². The Hall–Kier alpha value is -3.62. The summed E-state index contributed by atoms with van der Waals surface area (Å²) in [6.07, 6.45) is -2.68. The monoisotopic (exact) mass is 442 g/mol. The van der Waals surface area contributed by atoms with Gasteiger partial charge in [-0.1, -0.05) is 30.3 Å². The first-order valence-electron chi connectivity index (χ1n) is 10.2. The van der Waals surface area contributed by atoms with E-state index in [2.05, 4.69) is 10.4 Å². The molecule has 0 unspecified atom stereocenters. The molecule has 1 aliphatic rings. The van der Waals surface area contributed by atoms with Gasteiger partial charge in [0, 0.05) is 19.2 Å². The maximum Gasteiger partial charge on any atom is 0.416 e. The zero-order chi connectivity index (χ0) is 22.7. The van der Waals surface area contributed by atoms with E-state index in [1.54, 1.807) is 0 Å². The summed E-state index contributed by atoms with van der Waals surface area (Å²) in [4.78, 5) is 27.0. The summed E-state index contributed by atoms with van der Waals surface area (Å²) in [6, 6.07) is 15.0. The first-order valence-corrected chi connectivity index (χ1v) is 10.2. The van der Waals surface area contributed by atoms with Gasteiger partial charge in [-0.15, -0.1) is 0 Å². The first-order chi connectivity index (χ1) is 15.3. The molecule has 4 rings (SSSR count). The second-order valence-corrected chi connectivity index (χ2v) is 7.58. The average molecular weight is 442 g/mol. The van der Waals surface area contributed by atoms with Crippen LogP contribution in [0, 0.1) is 0 Å². The van der Waals surface area contributed by atoms with Crippen molar-refractivity contribution in [3.8, 4) is 0 Å². The molecule has 0 saturated carbocycles. The van der Waals surface area contributed by atoms with Gasteiger partial charge in [-0.3, -0.25) is 9.59 Å². The minimum atomic E-state index is -4.54. The van der Waals surface area contributed by atoms with Crippen molar-refractivity contribution in [3.05, 3.63) is 87.8 Å². The van der Waals surface area contributed by atoms with Gasteiger partial charge < -0.3 is 10.2 Å². The second-order valence-electron chi connectivity index (χ2n) is 7.58. The number of amides is 1. The predicted octanol–water partition coefficient (Wildman–Crippen LogP) is 4.16. The van der Waals surface area contributed by atoms with Crippen molar-refractivity contribution in [2.45, 2.75) is 25.6 Å². The van der Waals surface area contributed by atoms with Gasteiger partial charge in [0.2, 0.25) is 0 Å². The Balaban J connectivity index is 1.63. The lowest BCUT2D eigenvalue weighted by Gasteiger charge is -2.23. The van der Waals surface area contributed by atoms with Gasteiger partial charge in [0.1, 0.15) is 5.69 Å². The van der Waals surface area contributed by atoms with Gasteiger partial charge in [-0.05, 0) is 42.7 Å². The Labute approximate surface area is 182 Å². The minimum Gasteiger partial charge on any atom is -0.370 e. The summed E-state index contributed by atoms with van der Waals surface area (Å²) in [7, 11) is 0. The zero-order valence-electron chi connectivity index (χ0n) is 17.1. The van der Waals surface area contributed by atoms with E-state index in [1.165, 1.54) is 18.2 Å². The highest BCUT2D eigenvalue weighted by atomic mass is 19.4. The topological polar surface area (TPSA) is 67.2 Å². The highest BCUT2D eigenvalue weighted by Crippen LogP contribution is 2.36. The van der Waals surface area contributed by atoms with Crippen molar-refractivity contribution >= 4 is 17.3 Å². The van der Waals surface area contributed by atoms with Crippen LogP contribution < -0.4 is 15.8 Å². The first kappa shape index (κ1) is 21.6. The molecule has 9 heteroatoms. The summed E-state index contributed by atoms with van der Waals surface area (Å²) < 4.78 is 40.9. The van der Waals surface area contributed by atoms with Crippen molar-refractivity contribution in [2.75, 3.05) is 23.3 Å². The Morgan fingerprint density at radius 3 is 2.41 bits per heavy atom. The van der Waals surface area contributed by atoms with E-state index in [0.717, 1.165) is 35.2 Å². The Bertz CT molecular complexity index is 1170. The Kier molecular flexibility index (Phi) is 5.98. The van der Waals surface area contributed by atoms with E-state index in [1.807, 2.05) is 35.2 Å². The van der Waals surface area contributed by atoms with Crippen molar-refractivity contribution in [1.82, 2.24) is 9.78 Å². The molecule has 3 aromatic rings. The molecule has 2 heterocycles.